The summed E-state index contributed by atoms with van der Waals surface area (Å²) in [6, 6.07) is 0. The van der Waals surface area contributed by atoms with Gasteiger partial charge in [-0.05, 0) is 25.7 Å². The number of hydrogen-bond donors (Lipinski definition) is 1. The Morgan fingerprint density at radius 1 is 1.62 bits per heavy atom. The monoisotopic (exact) mass is 179 g/mol. The molecule has 0 radical (unpaired) electrons. The van der Waals surface area contributed by atoms with E-state index in [0.29, 0.717) is 12.5 Å². The van der Waals surface area contributed by atoms with E-state index in [1.165, 1.54) is 12.8 Å². The van der Waals surface area contributed by atoms with Gasteiger partial charge in [0.2, 0.25) is 5.91 Å². The molecule has 1 aliphatic carbocycles. The van der Waals surface area contributed by atoms with Crippen LogP contribution < -0.4 is 5.32 Å². The standard InChI is InChI=1S/C11H17NO/c1-3-4-5-8-12-11(13)9(2)10-6-7-10/h9-10H,5-8H2,1-2H3,(H,12,13). The molecule has 0 aliphatic heterocycles. The van der Waals surface area contributed by atoms with Crippen LogP contribution in [0.1, 0.15) is 33.1 Å². The van der Waals surface area contributed by atoms with Crippen molar-refractivity contribution in [1.82, 2.24) is 5.32 Å². The SMILES string of the molecule is CC#CCCNC(=O)C(C)C1CC1. The fourth-order valence-electron chi connectivity index (χ4n) is 1.34. The summed E-state index contributed by atoms with van der Waals surface area (Å²) in [6.45, 7) is 4.52. The first-order valence-electron chi connectivity index (χ1n) is 4.93. The molecule has 1 unspecified atom stereocenters. The molecule has 0 bridgehead atoms. The summed E-state index contributed by atoms with van der Waals surface area (Å²) in [5.41, 5.74) is 0. The second-order valence-corrected chi connectivity index (χ2v) is 3.59. The molecule has 1 N–H and O–H groups in total. The molecule has 1 rings (SSSR count). The van der Waals surface area contributed by atoms with Crippen molar-refractivity contribution in [2.45, 2.75) is 33.1 Å². The summed E-state index contributed by atoms with van der Waals surface area (Å²) < 4.78 is 0. The first kappa shape index (κ1) is 10.1. The number of nitrogens with one attached hydrogen (secondary N) is 1. The van der Waals surface area contributed by atoms with Crippen LogP contribution in [0.4, 0.5) is 0 Å². The summed E-state index contributed by atoms with van der Waals surface area (Å²) >= 11 is 0. The molecule has 0 saturated heterocycles. The zero-order valence-corrected chi connectivity index (χ0v) is 8.39. The van der Waals surface area contributed by atoms with Crippen LogP contribution >= 0.6 is 0 Å². The van der Waals surface area contributed by atoms with Gasteiger partial charge in [-0.1, -0.05) is 6.92 Å². The van der Waals surface area contributed by atoms with Gasteiger partial charge in [-0.3, -0.25) is 4.79 Å². The largest absolute Gasteiger partial charge is 0.355 e. The number of rotatable bonds is 4. The smallest absolute Gasteiger partial charge is 0.223 e. The third kappa shape index (κ3) is 3.50. The summed E-state index contributed by atoms with van der Waals surface area (Å²) in [5, 5.41) is 2.90. The van der Waals surface area contributed by atoms with Gasteiger partial charge in [0, 0.05) is 18.9 Å². The molecule has 0 spiro atoms. The van der Waals surface area contributed by atoms with E-state index in [4.69, 9.17) is 0 Å². The van der Waals surface area contributed by atoms with E-state index >= 15 is 0 Å². The quantitative estimate of drug-likeness (QED) is 0.515. The predicted molar refractivity (Wildman–Crippen MR) is 53.0 cm³/mol. The summed E-state index contributed by atoms with van der Waals surface area (Å²) in [5.74, 6) is 6.78. The zero-order valence-electron chi connectivity index (χ0n) is 8.39. The molecule has 1 saturated carbocycles. The Balaban J connectivity index is 2.11. The number of amides is 1. The lowest BCUT2D eigenvalue weighted by Gasteiger charge is -2.09. The lowest BCUT2D eigenvalue weighted by Crippen LogP contribution is -2.30. The van der Waals surface area contributed by atoms with Gasteiger partial charge in [-0.2, -0.15) is 0 Å². The highest BCUT2D eigenvalue weighted by Gasteiger charge is 2.32. The third-order valence-electron chi connectivity index (χ3n) is 2.47. The van der Waals surface area contributed by atoms with Gasteiger partial charge < -0.3 is 5.32 Å². The molecule has 13 heavy (non-hydrogen) atoms. The number of hydrogen-bond acceptors (Lipinski definition) is 1. The molecule has 2 nitrogen and oxygen atoms in total. The second kappa shape index (κ2) is 4.91. The van der Waals surface area contributed by atoms with Crippen LogP contribution in [0.25, 0.3) is 0 Å². The van der Waals surface area contributed by atoms with Crippen molar-refractivity contribution >= 4 is 5.91 Å². The van der Waals surface area contributed by atoms with E-state index in [1.54, 1.807) is 0 Å². The molecular formula is C11H17NO. The van der Waals surface area contributed by atoms with Crippen molar-refractivity contribution < 1.29 is 4.79 Å². The molecule has 0 aromatic rings. The molecule has 0 aromatic carbocycles. The van der Waals surface area contributed by atoms with Gasteiger partial charge in [0.1, 0.15) is 0 Å². The highest BCUT2D eigenvalue weighted by molar-refractivity contribution is 5.78. The van der Waals surface area contributed by atoms with Crippen LogP contribution in [0.5, 0.6) is 0 Å². The van der Waals surface area contributed by atoms with Crippen molar-refractivity contribution in [3.63, 3.8) is 0 Å². The molecular weight excluding hydrogens is 162 g/mol. The molecule has 1 atom stereocenters. The molecule has 2 heteroatoms. The van der Waals surface area contributed by atoms with Crippen molar-refractivity contribution in [2.24, 2.45) is 11.8 Å². The van der Waals surface area contributed by atoms with Crippen LogP contribution in [-0.4, -0.2) is 12.5 Å². The molecule has 1 amide bonds. The summed E-state index contributed by atoms with van der Waals surface area (Å²) in [6.07, 6.45) is 3.21. The number of carbonyl (C=O) groups excluding carboxylic acids is 1. The van der Waals surface area contributed by atoms with E-state index < -0.39 is 0 Å². The highest BCUT2D eigenvalue weighted by Crippen LogP contribution is 2.36. The Kier molecular flexibility index (Phi) is 3.82. The summed E-state index contributed by atoms with van der Waals surface area (Å²) in [7, 11) is 0. The fourth-order valence-corrected chi connectivity index (χ4v) is 1.34. The predicted octanol–water partition coefficient (Wildman–Crippen LogP) is 1.56. The Labute approximate surface area is 80.1 Å². The van der Waals surface area contributed by atoms with E-state index in [0.717, 1.165) is 6.42 Å². The minimum Gasteiger partial charge on any atom is -0.355 e. The van der Waals surface area contributed by atoms with Crippen LogP contribution in [0.3, 0.4) is 0 Å². The lowest BCUT2D eigenvalue weighted by atomic mass is 10.1. The Morgan fingerprint density at radius 2 is 2.31 bits per heavy atom. The van der Waals surface area contributed by atoms with Crippen LogP contribution in [0.15, 0.2) is 0 Å². The average molecular weight is 179 g/mol. The first-order valence-corrected chi connectivity index (χ1v) is 4.93. The molecule has 1 fully saturated rings. The third-order valence-corrected chi connectivity index (χ3v) is 2.47. The van der Waals surface area contributed by atoms with Gasteiger partial charge in [-0.15, -0.1) is 11.8 Å². The minimum absolute atomic E-state index is 0.195. The molecule has 0 heterocycles. The maximum Gasteiger partial charge on any atom is 0.223 e. The summed E-state index contributed by atoms with van der Waals surface area (Å²) in [4.78, 5) is 11.4. The Bertz CT molecular complexity index is 232. The second-order valence-electron chi connectivity index (χ2n) is 3.59. The Hall–Kier alpha value is -0.970. The maximum atomic E-state index is 11.4. The van der Waals surface area contributed by atoms with Crippen molar-refractivity contribution in [3.8, 4) is 11.8 Å². The van der Waals surface area contributed by atoms with Crippen LogP contribution in [0, 0.1) is 23.7 Å². The first-order chi connectivity index (χ1) is 6.25. The van der Waals surface area contributed by atoms with Crippen molar-refractivity contribution in [3.05, 3.63) is 0 Å². The van der Waals surface area contributed by atoms with Gasteiger partial charge in [-0.25, -0.2) is 0 Å². The number of carbonyl (C=O) groups is 1. The lowest BCUT2D eigenvalue weighted by molar-refractivity contribution is -0.125. The Morgan fingerprint density at radius 3 is 2.85 bits per heavy atom. The van der Waals surface area contributed by atoms with E-state index in [1.807, 2.05) is 13.8 Å². The molecule has 1 aliphatic rings. The normalized spacial score (nSPS) is 17.1. The minimum atomic E-state index is 0.195. The fraction of sp³-hybridized carbons (Fsp3) is 0.727. The van der Waals surface area contributed by atoms with Crippen molar-refractivity contribution in [1.29, 1.82) is 0 Å². The zero-order chi connectivity index (χ0) is 9.68. The van der Waals surface area contributed by atoms with Crippen LogP contribution in [-0.2, 0) is 4.79 Å². The van der Waals surface area contributed by atoms with E-state index in [2.05, 4.69) is 17.2 Å². The van der Waals surface area contributed by atoms with Crippen LogP contribution in [0.2, 0.25) is 0 Å². The average Bonchev–Trinajstić information content (AvgIpc) is 2.94. The molecule has 72 valence electrons. The van der Waals surface area contributed by atoms with Gasteiger partial charge in [0.15, 0.2) is 0 Å². The van der Waals surface area contributed by atoms with Gasteiger partial charge in [0.05, 0.1) is 0 Å². The van der Waals surface area contributed by atoms with E-state index in [-0.39, 0.29) is 11.8 Å². The van der Waals surface area contributed by atoms with Gasteiger partial charge >= 0.3 is 0 Å². The highest BCUT2D eigenvalue weighted by atomic mass is 16.1. The van der Waals surface area contributed by atoms with Crippen molar-refractivity contribution in [2.75, 3.05) is 6.54 Å². The maximum absolute atomic E-state index is 11.4. The molecule has 0 aromatic heterocycles. The van der Waals surface area contributed by atoms with E-state index in [9.17, 15) is 4.79 Å². The topological polar surface area (TPSA) is 29.1 Å². The van der Waals surface area contributed by atoms with Gasteiger partial charge in [0.25, 0.3) is 0 Å².